The Labute approximate surface area is 133 Å². The molecule has 2 aromatic carbocycles. The van der Waals surface area contributed by atoms with Gasteiger partial charge in [-0.3, -0.25) is 5.10 Å². The zero-order chi connectivity index (χ0) is 16.1. The first-order valence-electron chi connectivity index (χ1n) is 7.36. The summed E-state index contributed by atoms with van der Waals surface area (Å²) in [6.45, 7) is 0.526. The molecule has 6 heteroatoms. The number of amides is 2. The normalized spacial score (nSPS) is 10.5. The van der Waals surface area contributed by atoms with Gasteiger partial charge in [-0.25, -0.2) is 4.79 Å². The lowest BCUT2D eigenvalue weighted by atomic mass is 10.1. The Balaban J connectivity index is 1.53. The number of methoxy groups -OCH3 is 1. The number of nitrogens with zero attached hydrogens (tertiary/aromatic N) is 1. The number of rotatable bonds is 5. The second-order valence-electron chi connectivity index (χ2n) is 5.11. The molecule has 0 spiro atoms. The second kappa shape index (κ2) is 6.83. The molecular formula is C17H18N4O2. The number of ether oxygens (including phenoxy) is 1. The van der Waals surface area contributed by atoms with Gasteiger partial charge in [-0.15, -0.1) is 0 Å². The van der Waals surface area contributed by atoms with E-state index in [0.717, 1.165) is 27.9 Å². The molecule has 118 valence electrons. The van der Waals surface area contributed by atoms with E-state index >= 15 is 0 Å². The van der Waals surface area contributed by atoms with Crippen molar-refractivity contribution in [1.82, 2.24) is 15.5 Å². The van der Waals surface area contributed by atoms with E-state index in [1.54, 1.807) is 13.3 Å². The number of urea groups is 1. The first kappa shape index (κ1) is 14.9. The van der Waals surface area contributed by atoms with Gasteiger partial charge in [-0.1, -0.05) is 18.2 Å². The number of carbonyl (C=O) groups excluding carboxylic acids is 1. The summed E-state index contributed by atoms with van der Waals surface area (Å²) in [4.78, 5) is 12.0. The third-order valence-electron chi connectivity index (χ3n) is 3.57. The number of hydrogen-bond donors (Lipinski definition) is 3. The summed E-state index contributed by atoms with van der Waals surface area (Å²) in [6, 6.07) is 13.1. The lowest BCUT2D eigenvalue weighted by Gasteiger charge is -2.10. The fraction of sp³-hybridized carbons (Fsp3) is 0.176. The molecule has 2 amide bonds. The predicted octanol–water partition coefficient (Wildman–Crippen LogP) is 2.94. The number of benzene rings is 2. The van der Waals surface area contributed by atoms with Gasteiger partial charge in [0.2, 0.25) is 0 Å². The van der Waals surface area contributed by atoms with E-state index in [1.807, 2.05) is 42.5 Å². The number of fused-ring (bicyclic) bond motifs is 1. The summed E-state index contributed by atoms with van der Waals surface area (Å²) in [5, 5.41) is 13.5. The summed E-state index contributed by atoms with van der Waals surface area (Å²) in [5.41, 5.74) is 2.67. The average Bonchev–Trinajstić information content (AvgIpc) is 3.03. The molecule has 0 unspecified atom stereocenters. The van der Waals surface area contributed by atoms with Crippen molar-refractivity contribution in [3.8, 4) is 5.75 Å². The Morgan fingerprint density at radius 3 is 3.00 bits per heavy atom. The molecule has 0 fully saturated rings. The molecule has 3 N–H and O–H groups in total. The standard InChI is InChI=1S/C17H18N4O2/c1-23-16-5-3-2-4-12(16)8-9-18-17(22)20-14-7-6-13-11-19-21-15(13)10-14/h2-7,10-11H,8-9H2,1H3,(H,19,21)(H2,18,20,22). The fourth-order valence-electron chi connectivity index (χ4n) is 2.41. The Kier molecular flexibility index (Phi) is 4.42. The number of anilines is 1. The highest BCUT2D eigenvalue weighted by molar-refractivity contribution is 5.92. The Hall–Kier alpha value is -3.02. The van der Waals surface area contributed by atoms with Gasteiger partial charge in [0.05, 0.1) is 18.8 Å². The highest BCUT2D eigenvalue weighted by Crippen LogP contribution is 2.18. The van der Waals surface area contributed by atoms with E-state index in [9.17, 15) is 4.79 Å². The van der Waals surface area contributed by atoms with Crippen molar-refractivity contribution < 1.29 is 9.53 Å². The van der Waals surface area contributed by atoms with Gasteiger partial charge in [0.25, 0.3) is 0 Å². The quantitative estimate of drug-likeness (QED) is 0.678. The minimum atomic E-state index is -0.237. The number of nitrogens with one attached hydrogen (secondary N) is 3. The number of hydrogen-bond acceptors (Lipinski definition) is 3. The van der Waals surface area contributed by atoms with E-state index in [-0.39, 0.29) is 6.03 Å². The molecular weight excluding hydrogens is 292 g/mol. The molecule has 23 heavy (non-hydrogen) atoms. The highest BCUT2D eigenvalue weighted by atomic mass is 16.5. The highest BCUT2D eigenvalue weighted by Gasteiger charge is 2.05. The van der Waals surface area contributed by atoms with Crippen molar-refractivity contribution in [3.63, 3.8) is 0 Å². The van der Waals surface area contributed by atoms with Crippen LogP contribution in [0.5, 0.6) is 5.75 Å². The zero-order valence-corrected chi connectivity index (χ0v) is 12.8. The van der Waals surface area contributed by atoms with Crippen LogP contribution in [0.1, 0.15) is 5.56 Å². The molecule has 0 aliphatic heterocycles. The van der Waals surface area contributed by atoms with Gasteiger partial charge >= 0.3 is 6.03 Å². The zero-order valence-electron chi connectivity index (χ0n) is 12.8. The fourth-order valence-corrected chi connectivity index (χ4v) is 2.41. The van der Waals surface area contributed by atoms with Crippen LogP contribution in [-0.2, 0) is 6.42 Å². The summed E-state index contributed by atoms with van der Waals surface area (Å²) < 4.78 is 5.29. The van der Waals surface area contributed by atoms with E-state index < -0.39 is 0 Å². The minimum Gasteiger partial charge on any atom is -0.496 e. The maximum atomic E-state index is 12.0. The first-order valence-corrected chi connectivity index (χ1v) is 7.36. The van der Waals surface area contributed by atoms with E-state index in [2.05, 4.69) is 20.8 Å². The molecule has 0 saturated heterocycles. The summed E-state index contributed by atoms with van der Waals surface area (Å²) in [6.07, 6.45) is 2.45. The van der Waals surface area contributed by atoms with Gasteiger partial charge in [0, 0.05) is 17.6 Å². The Morgan fingerprint density at radius 1 is 1.26 bits per heavy atom. The molecule has 0 saturated carbocycles. The number of para-hydroxylation sites is 1. The molecule has 0 aliphatic carbocycles. The van der Waals surface area contributed by atoms with Crippen LogP contribution < -0.4 is 15.4 Å². The van der Waals surface area contributed by atoms with E-state index in [0.29, 0.717) is 13.0 Å². The maximum absolute atomic E-state index is 12.0. The van der Waals surface area contributed by atoms with Crippen molar-refractivity contribution in [3.05, 3.63) is 54.2 Å². The molecule has 6 nitrogen and oxygen atoms in total. The lowest BCUT2D eigenvalue weighted by molar-refractivity contribution is 0.252. The van der Waals surface area contributed by atoms with Gasteiger partial charge in [-0.2, -0.15) is 5.10 Å². The van der Waals surface area contributed by atoms with Crippen LogP contribution >= 0.6 is 0 Å². The van der Waals surface area contributed by atoms with Crippen molar-refractivity contribution in [2.45, 2.75) is 6.42 Å². The van der Waals surface area contributed by atoms with Gasteiger partial charge in [0.1, 0.15) is 5.75 Å². The average molecular weight is 310 g/mol. The van der Waals surface area contributed by atoms with Crippen LogP contribution in [0.2, 0.25) is 0 Å². The van der Waals surface area contributed by atoms with Crippen molar-refractivity contribution in [1.29, 1.82) is 0 Å². The first-order chi connectivity index (χ1) is 11.3. The molecule has 3 rings (SSSR count). The third-order valence-corrected chi connectivity index (χ3v) is 3.57. The molecule has 0 bridgehead atoms. The molecule has 0 atom stereocenters. The Morgan fingerprint density at radius 2 is 2.13 bits per heavy atom. The topological polar surface area (TPSA) is 79.0 Å². The third kappa shape index (κ3) is 3.60. The largest absolute Gasteiger partial charge is 0.496 e. The molecule has 1 aromatic heterocycles. The number of carbonyl (C=O) groups is 1. The molecule has 1 heterocycles. The van der Waals surface area contributed by atoms with Crippen LogP contribution in [0.4, 0.5) is 10.5 Å². The van der Waals surface area contributed by atoms with Crippen LogP contribution in [-0.4, -0.2) is 29.9 Å². The van der Waals surface area contributed by atoms with Crippen molar-refractivity contribution in [2.75, 3.05) is 19.0 Å². The summed E-state index contributed by atoms with van der Waals surface area (Å²) >= 11 is 0. The van der Waals surface area contributed by atoms with Gasteiger partial charge in [0.15, 0.2) is 0 Å². The number of aromatic amines is 1. The van der Waals surface area contributed by atoms with Crippen LogP contribution in [0.3, 0.4) is 0 Å². The lowest BCUT2D eigenvalue weighted by Crippen LogP contribution is -2.30. The van der Waals surface area contributed by atoms with E-state index in [1.165, 1.54) is 0 Å². The van der Waals surface area contributed by atoms with Crippen LogP contribution in [0.15, 0.2) is 48.7 Å². The second-order valence-corrected chi connectivity index (χ2v) is 5.11. The predicted molar refractivity (Wildman–Crippen MR) is 89.8 cm³/mol. The van der Waals surface area contributed by atoms with Gasteiger partial charge < -0.3 is 15.4 Å². The van der Waals surface area contributed by atoms with Crippen LogP contribution in [0, 0.1) is 0 Å². The van der Waals surface area contributed by atoms with Crippen molar-refractivity contribution >= 4 is 22.6 Å². The smallest absolute Gasteiger partial charge is 0.319 e. The van der Waals surface area contributed by atoms with E-state index in [4.69, 9.17) is 4.74 Å². The Bertz CT molecular complexity index is 813. The monoisotopic (exact) mass is 310 g/mol. The maximum Gasteiger partial charge on any atom is 0.319 e. The molecule has 0 radical (unpaired) electrons. The summed E-state index contributed by atoms with van der Waals surface area (Å²) in [7, 11) is 1.64. The van der Waals surface area contributed by atoms with Crippen LogP contribution in [0.25, 0.3) is 10.9 Å². The number of aromatic nitrogens is 2. The van der Waals surface area contributed by atoms with Gasteiger partial charge in [-0.05, 0) is 36.2 Å². The summed E-state index contributed by atoms with van der Waals surface area (Å²) in [5.74, 6) is 0.833. The molecule has 3 aromatic rings. The van der Waals surface area contributed by atoms with Crippen molar-refractivity contribution in [2.24, 2.45) is 0 Å². The SMILES string of the molecule is COc1ccccc1CCNC(=O)Nc1ccc2cn[nH]c2c1. The molecule has 0 aliphatic rings. The minimum absolute atomic E-state index is 0.237. The number of H-pyrrole nitrogens is 1.